The van der Waals surface area contributed by atoms with Crippen LogP contribution in [0.5, 0.6) is 0 Å². The molecule has 0 bridgehead atoms. The molecular formula is C33H35ClN4O6. The van der Waals surface area contributed by atoms with E-state index in [-0.39, 0.29) is 49.9 Å². The van der Waals surface area contributed by atoms with Gasteiger partial charge in [0.25, 0.3) is 5.91 Å². The smallest absolute Gasteiger partial charge is 0.418 e. The van der Waals surface area contributed by atoms with Crippen molar-refractivity contribution in [3.63, 3.8) is 0 Å². The van der Waals surface area contributed by atoms with E-state index in [0.717, 1.165) is 27.8 Å². The van der Waals surface area contributed by atoms with E-state index in [1.54, 1.807) is 19.1 Å². The number of carbonyl (C=O) groups is 4. The summed E-state index contributed by atoms with van der Waals surface area (Å²) in [5.41, 5.74) is 8.27. The highest BCUT2D eigenvalue weighted by atomic mass is 35.5. The third-order valence-electron chi connectivity index (χ3n) is 7.94. The van der Waals surface area contributed by atoms with Crippen LogP contribution in [0.4, 0.5) is 0 Å². The molecule has 0 spiro atoms. The van der Waals surface area contributed by atoms with Crippen molar-refractivity contribution in [2.45, 2.75) is 53.4 Å². The standard InChI is InChI=1S/C33H34N4O6.ClH/c1-7-20-19(6)32(42)37-27(20)14-25-18(5)23(10-12-31(40)41)29(35-25)15-28-22(9-11-30(38)39)17(4)24(34-28)13-26-16(3)21(8-2)33(43)36-26;/h7-8,13-15,34-35H,1-2,9-12H2,3-6H3,(H,37,42)(H,38,39)(H,40,41);1H/b24-13?,27-14+,28-15+;. The summed E-state index contributed by atoms with van der Waals surface area (Å²) < 4.78 is 0. The van der Waals surface area contributed by atoms with Gasteiger partial charge in [0.05, 0.1) is 11.3 Å². The van der Waals surface area contributed by atoms with Crippen LogP contribution in [0.2, 0.25) is 0 Å². The van der Waals surface area contributed by atoms with E-state index in [4.69, 9.17) is 0 Å². The molecule has 0 fully saturated rings. The maximum Gasteiger partial charge on any atom is 0.418 e. The number of hydrogen-bond donors (Lipinski definition) is 6. The van der Waals surface area contributed by atoms with Crippen LogP contribution in [0.15, 0.2) is 53.3 Å². The van der Waals surface area contributed by atoms with Crippen molar-refractivity contribution in [3.8, 4) is 0 Å². The van der Waals surface area contributed by atoms with E-state index in [0.29, 0.717) is 50.2 Å². The number of aromatic amines is 2. The minimum Gasteiger partial charge on any atom is -1.00 e. The zero-order valence-corrected chi connectivity index (χ0v) is 25.8. The number of allylic oxidation sites excluding steroid dienone is 2. The first-order chi connectivity index (χ1) is 20.4. The van der Waals surface area contributed by atoms with Crippen molar-refractivity contribution < 1.29 is 46.8 Å². The van der Waals surface area contributed by atoms with Gasteiger partial charge >= 0.3 is 17.8 Å². The number of carboxylic acid groups (broad SMARTS) is 2. The highest BCUT2D eigenvalue weighted by Crippen LogP contribution is 2.27. The quantitative estimate of drug-likeness (QED) is 0.173. The van der Waals surface area contributed by atoms with E-state index in [2.05, 4.69) is 33.4 Å². The maximum absolute atomic E-state index is 12.3. The first-order valence-corrected chi connectivity index (χ1v) is 13.8. The van der Waals surface area contributed by atoms with Crippen LogP contribution in [0.25, 0.3) is 18.2 Å². The number of aliphatic carboxylic acids is 2. The van der Waals surface area contributed by atoms with Crippen LogP contribution in [0, 0.1) is 13.8 Å². The monoisotopic (exact) mass is 618 g/mol. The lowest BCUT2D eigenvalue weighted by atomic mass is 10.0. The average molecular weight is 619 g/mol. The molecule has 0 atom stereocenters. The van der Waals surface area contributed by atoms with Crippen LogP contribution in [-0.4, -0.2) is 49.6 Å². The van der Waals surface area contributed by atoms with E-state index < -0.39 is 11.9 Å². The lowest BCUT2D eigenvalue weighted by Crippen LogP contribution is -3.00. The maximum atomic E-state index is 12.3. The molecule has 2 amide bonds. The Kier molecular flexibility index (Phi) is 10.3. The number of halogens is 1. The Morgan fingerprint density at radius 2 is 1.39 bits per heavy atom. The molecule has 6 N–H and O–H groups in total. The normalized spacial score (nSPS) is 16.5. The number of rotatable bonds is 11. The van der Waals surface area contributed by atoms with Crippen molar-refractivity contribution in [1.29, 1.82) is 0 Å². The van der Waals surface area contributed by atoms with Crippen LogP contribution >= 0.6 is 0 Å². The first kappa shape index (κ1) is 33.5. The van der Waals surface area contributed by atoms with Gasteiger partial charge in [0.1, 0.15) is 0 Å². The molecule has 2 aromatic heterocycles. The summed E-state index contributed by atoms with van der Waals surface area (Å²) in [5.74, 6) is -2.32. The van der Waals surface area contributed by atoms with E-state index in [9.17, 15) is 29.4 Å². The first-order valence-electron chi connectivity index (χ1n) is 13.8. The Hall–Kier alpha value is -4.96. The fourth-order valence-electron chi connectivity index (χ4n) is 5.41. The Balaban J connectivity index is 0.00000529. The molecule has 44 heavy (non-hydrogen) atoms. The summed E-state index contributed by atoms with van der Waals surface area (Å²) in [5, 5.41) is 23.1. The highest BCUT2D eigenvalue weighted by Gasteiger charge is 2.28. The lowest BCUT2D eigenvalue weighted by Gasteiger charge is -2.02. The van der Waals surface area contributed by atoms with Crippen molar-refractivity contribution in [3.05, 3.63) is 97.6 Å². The minimum atomic E-state index is -0.935. The molecule has 0 aromatic carbocycles. The topological polar surface area (TPSA) is 166 Å². The van der Waals surface area contributed by atoms with Gasteiger partial charge in [-0.15, -0.1) is 0 Å². The highest BCUT2D eigenvalue weighted by molar-refractivity contribution is 6.24. The molecule has 0 unspecified atom stereocenters. The lowest BCUT2D eigenvalue weighted by molar-refractivity contribution is -0.366. The number of carbonyl (C=O) groups excluding carboxylic acids is 2. The second kappa shape index (κ2) is 13.6. The van der Waals surface area contributed by atoms with E-state index in [1.807, 2.05) is 32.9 Å². The summed E-state index contributed by atoms with van der Waals surface area (Å²) in [6.45, 7) is 14.8. The molecule has 230 valence electrons. The third kappa shape index (κ3) is 6.65. The van der Waals surface area contributed by atoms with E-state index >= 15 is 0 Å². The summed E-state index contributed by atoms with van der Waals surface area (Å²) in [6, 6.07) is 0. The number of H-pyrrole nitrogens is 2. The fraction of sp³-hybridized carbons (Fsp3) is 0.242. The molecule has 0 saturated heterocycles. The van der Waals surface area contributed by atoms with Gasteiger partial charge in [-0.2, -0.15) is 4.99 Å². The Bertz CT molecular complexity index is 1860. The predicted octanol–water partition coefficient (Wildman–Crippen LogP) is -1.86. The van der Waals surface area contributed by atoms with Gasteiger partial charge in [-0.25, -0.2) is 4.79 Å². The Labute approximate surface area is 260 Å². The molecule has 4 rings (SSSR count). The van der Waals surface area contributed by atoms with Gasteiger partial charge in [-0.3, -0.25) is 14.4 Å². The SMILES string of the molecule is C=CC1=C(C)C(C=c2[nH]/c(=C/c3[nH]c(/C=C4/NC(=O)C(C)=C4C=C)c(C)c3CCC(=O)O)c(CCC(=O)O)c2C)=[NH+]C1=O.[Cl-]. The van der Waals surface area contributed by atoms with E-state index in [1.165, 1.54) is 6.08 Å². The minimum absolute atomic E-state index is 0. The fourth-order valence-corrected chi connectivity index (χ4v) is 5.41. The average Bonchev–Trinajstić information content (AvgIpc) is 3.59. The van der Waals surface area contributed by atoms with Gasteiger partial charge in [-0.05, 0) is 74.9 Å². The number of nitrogens with one attached hydrogen (secondary N) is 4. The molecule has 2 aromatic rings. The van der Waals surface area contributed by atoms with Crippen LogP contribution in [0.3, 0.4) is 0 Å². The summed E-state index contributed by atoms with van der Waals surface area (Å²) in [6.07, 6.45) is 8.93. The number of aromatic nitrogens is 2. The number of carboxylic acids is 2. The second-order valence-electron chi connectivity index (χ2n) is 10.6. The second-order valence-corrected chi connectivity index (χ2v) is 10.6. The van der Waals surface area contributed by atoms with Crippen molar-refractivity contribution >= 4 is 47.7 Å². The van der Waals surface area contributed by atoms with Gasteiger partial charge in [0.15, 0.2) is 0 Å². The summed E-state index contributed by atoms with van der Waals surface area (Å²) >= 11 is 0. The largest absolute Gasteiger partial charge is 1.00 e. The molecule has 10 nitrogen and oxygen atoms in total. The molecule has 4 heterocycles. The summed E-state index contributed by atoms with van der Waals surface area (Å²) in [4.78, 5) is 57.2. The molecular weight excluding hydrogens is 584 g/mol. The van der Waals surface area contributed by atoms with Crippen LogP contribution in [0.1, 0.15) is 60.3 Å². The van der Waals surface area contributed by atoms with Crippen LogP contribution < -0.4 is 33.4 Å². The van der Waals surface area contributed by atoms with Gasteiger partial charge in [0.2, 0.25) is 5.71 Å². The number of amides is 2. The third-order valence-corrected chi connectivity index (χ3v) is 7.94. The molecule has 0 aliphatic carbocycles. The van der Waals surface area contributed by atoms with Gasteiger partial charge < -0.3 is 37.9 Å². The molecule has 11 heteroatoms. The van der Waals surface area contributed by atoms with Gasteiger partial charge in [-0.1, -0.05) is 25.3 Å². The summed E-state index contributed by atoms with van der Waals surface area (Å²) in [7, 11) is 0. The predicted molar refractivity (Wildman–Crippen MR) is 163 cm³/mol. The van der Waals surface area contributed by atoms with Crippen LogP contribution in [-0.2, 0) is 32.0 Å². The zero-order valence-electron chi connectivity index (χ0n) is 25.0. The van der Waals surface area contributed by atoms with Gasteiger partial charge in [0, 0.05) is 57.7 Å². The Morgan fingerprint density at radius 1 is 0.773 bits per heavy atom. The Morgan fingerprint density at radius 3 is 1.95 bits per heavy atom. The molecule has 0 saturated carbocycles. The van der Waals surface area contributed by atoms with Crippen molar-refractivity contribution in [2.75, 3.05) is 0 Å². The molecule has 0 radical (unpaired) electrons. The molecule has 2 aliphatic rings. The number of hydrogen-bond acceptors (Lipinski definition) is 4. The zero-order chi connectivity index (χ0) is 31.6. The molecule has 2 aliphatic heterocycles. The van der Waals surface area contributed by atoms with Crippen molar-refractivity contribution in [1.82, 2.24) is 15.3 Å². The van der Waals surface area contributed by atoms with Crippen molar-refractivity contribution in [2.24, 2.45) is 0 Å².